The van der Waals surface area contributed by atoms with Gasteiger partial charge < -0.3 is 9.80 Å². The van der Waals surface area contributed by atoms with Crippen LogP contribution >= 0.6 is 11.3 Å². The summed E-state index contributed by atoms with van der Waals surface area (Å²) in [6, 6.07) is 12.0. The van der Waals surface area contributed by atoms with Crippen LogP contribution in [0.25, 0.3) is 10.6 Å². The van der Waals surface area contributed by atoms with Crippen molar-refractivity contribution in [2.45, 2.75) is 12.5 Å². The molecule has 1 amide bonds. The van der Waals surface area contributed by atoms with Gasteiger partial charge in [0.15, 0.2) is 15.5 Å². The molecule has 1 atom stereocenters. The number of rotatable bonds is 4. The van der Waals surface area contributed by atoms with Crippen molar-refractivity contribution in [1.82, 2.24) is 14.7 Å². The molecule has 168 valence electrons. The Morgan fingerprint density at radius 3 is 2.53 bits per heavy atom. The minimum Gasteiger partial charge on any atom is -0.366 e. The summed E-state index contributed by atoms with van der Waals surface area (Å²) >= 11 is 1.53. The molecule has 2 fully saturated rings. The third kappa shape index (κ3) is 4.04. The van der Waals surface area contributed by atoms with Gasteiger partial charge in [-0.25, -0.2) is 12.8 Å². The number of aromatic nitrogens is 2. The van der Waals surface area contributed by atoms with Gasteiger partial charge in [-0.2, -0.15) is 5.10 Å². The van der Waals surface area contributed by atoms with Crippen LogP contribution in [0.5, 0.6) is 0 Å². The summed E-state index contributed by atoms with van der Waals surface area (Å²) in [5, 5.41) is 6.52. The predicted molar refractivity (Wildman–Crippen MR) is 122 cm³/mol. The van der Waals surface area contributed by atoms with Crippen LogP contribution in [-0.4, -0.2) is 66.7 Å². The number of sulfone groups is 1. The Morgan fingerprint density at radius 1 is 1.09 bits per heavy atom. The van der Waals surface area contributed by atoms with Gasteiger partial charge in [0.2, 0.25) is 0 Å². The average molecular weight is 475 g/mol. The molecule has 2 aromatic heterocycles. The van der Waals surface area contributed by atoms with Gasteiger partial charge in [-0.3, -0.25) is 9.48 Å². The van der Waals surface area contributed by atoms with Crippen LogP contribution in [0.2, 0.25) is 0 Å². The zero-order valence-electron chi connectivity index (χ0n) is 17.4. The molecule has 2 aliphatic rings. The normalized spacial score (nSPS) is 20.6. The molecule has 0 radical (unpaired) electrons. The minimum atomic E-state index is -3.09. The number of piperazine rings is 1. The molecule has 5 rings (SSSR count). The molecule has 0 unspecified atom stereocenters. The van der Waals surface area contributed by atoms with E-state index in [1.54, 1.807) is 33.8 Å². The van der Waals surface area contributed by atoms with Gasteiger partial charge in [0.25, 0.3) is 5.91 Å². The largest absolute Gasteiger partial charge is 0.366 e. The van der Waals surface area contributed by atoms with Gasteiger partial charge in [-0.15, -0.1) is 11.3 Å². The second-order valence-electron chi connectivity index (χ2n) is 8.12. The second-order valence-corrected chi connectivity index (χ2v) is 11.3. The molecule has 2 aliphatic heterocycles. The maximum Gasteiger partial charge on any atom is 0.274 e. The lowest BCUT2D eigenvalue weighted by Gasteiger charge is -2.35. The zero-order chi connectivity index (χ0) is 22.3. The van der Waals surface area contributed by atoms with Crippen LogP contribution in [-0.2, 0) is 9.84 Å². The smallest absolute Gasteiger partial charge is 0.274 e. The van der Waals surface area contributed by atoms with Crippen LogP contribution in [0.3, 0.4) is 0 Å². The summed E-state index contributed by atoms with van der Waals surface area (Å²) in [7, 11) is -3.09. The number of benzene rings is 1. The molecular formula is C22H23FN4O3S2. The zero-order valence-corrected chi connectivity index (χ0v) is 19.0. The summed E-state index contributed by atoms with van der Waals surface area (Å²) in [5.41, 5.74) is 1.64. The predicted octanol–water partition coefficient (Wildman–Crippen LogP) is 3.07. The minimum absolute atomic E-state index is 0.0437. The van der Waals surface area contributed by atoms with Crippen LogP contribution in [0, 0.1) is 5.82 Å². The molecule has 3 aromatic rings. The summed E-state index contributed by atoms with van der Waals surface area (Å²) in [5.74, 6) is -0.265. The fourth-order valence-electron chi connectivity index (χ4n) is 4.37. The van der Waals surface area contributed by atoms with Gasteiger partial charge in [-0.1, -0.05) is 18.2 Å². The van der Waals surface area contributed by atoms with Crippen LogP contribution in [0.4, 0.5) is 10.1 Å². The van der Waals surface area contributed by atoms with Gasteiger partial charge >= 0.3 is 0 Å². The maximum absolute atomic E-state index is 14.1. The number of carbonyl (C=O) groups is 1. The highest BCUT2D eigenvalue weighted by atomic mass is 32.2. The van der Waals surface area contributed by atoms with Gasteiger partial charge in [-0.05, 0) is 36.1 Å². The van der Waals surface area contributed by atoms with Crippen molar-refractivity contribution >= 4 is 32.8 Å². The van der Waals surface area contributed by atoms with Crippen LogP contribution in [0.1, 0.15) is 23.0 Å². The lowest BCUT2D eigenvalue weighted by molar-refractivity contribution is 0.0739. The van der Waals surface area contributed by atoms with Crippen molar-refractivity contribution in [3.05, 3.63) is 59.4 Å². The SMILES string of the molecule is O=C(c1cc(-c2cccs2)n([C@H]2CCS(=O)(=O)C2)n1)N1CCN(c2ccccc2F)CC1. The van der Waals surface area contributed by atoms with E-state index in [0.717, 1.165) is 10.6 Å². The number of thiophene rings is 1. The molecule has 0 spiro atoms. The van der Waals surface area contributed by atoms with Crippen LogP contribution in [0.15, 0.2) is 47.8 Å². The first-order valence-electron chi connectivity index (χ1n) is 10.5. The fraction of sp³-hybridized carbons (Fsp3) is 0.364. The van der Waals surface area contributed by atoms with E-state index in [0.29, 0.717) is 44.0 Å². The summed E-state index contributed by atoms with van der Waals surface area (Å²) in [6.45, 7) is 2.00. The first-order valence-corrected chi connectivity index (χ1v) is 13.2. The number of anilines is 1. The number of halogens is 1. The van der Waals surface area contributed by atoms with Crippen molar-refractivity contribution in [3.63, 3.8) is 0 Å². The molecule has 0 aliphatic carbocycles. The van der Waals surface area contributed by atoms with Gasteiger partial charge in [0.05, 0.1) is 33.8 Å². The Labute approximate surface area is 190 Å². The summed E-state index contributed by atoms with van der Waals surface area (Å²) < 4.78 is 39.9. The molecule has 4 heterocycles. The van der Waals surface area contributed by atoms with Crippen molar-refractivity contribution in [3.8, 4) is 10.6 Å². The fourth-order valence-corrected chi connectivity index (χ4v) is 6.80. The van der Waals surface area contributed by atoms with E-state index in [2.05, 4.69) is 5.10 Å². The highest BCUT2D eigenvalue weighted by Gasteiger charge is 2.33. The van der Waals surface area contributed by atoms with Crippen molar-refractivity contribution in [1.29, 1.82) is 0 Å². The standard InChI is InChI=1S/C22H23FN4O3S2/c23-17-4-1-2-5-19(17)25-8-10-26(11-9-25)22(28)18-14-20(21-6-3-12-31-21)27(24-18)16-7-13-32(29,30)15-16/h1-6,12,14,16H,7-11,13,15H2/t16-/m0/s1. The quantitative estimate of drug-likeness (QED) is 0.581. The molecule has 0 N–H and O–H groups in total. The van der Waals surface area contributed by atoms with Crippen molar-refractivity contribution < 1.29 is 17.6 Å². The maximum atomic E-state index is 14.1. The highest BCUT2D eigenvalue weighted by molar-refractivity contribution is 7.91. The Morgan fingerprint density at radius 2 is 1.88 bits per heavy atom. The van der Waals surface area contributed by atoms with E-state index in [9.17, 15) is 17.6 Å². The van der Waals surface area contributed by atoms with Crippen LogP contribution < -0.4 is 4.90 Å². The number of hydrogen-bond acceptors (Lipinski definition) is 6. The molecule has 7 nitrogen and oxygen atoms in total. The van der Waals surface area contributed by atoms with E-state index in [1.165, 1.54) is 17.4 Å². The Hall–Kier alpha value is -2.72. The van der Waals surface area contributed by atoms with E-state index < -0.39 is 9.84 Å². The van der Waals surface area contributed by atoms with Gasteiger partial charge in [0.1, 0.15) is 5.82 Å². The molecule has 0 bridgehead atoms. The van der Waals surface area contributed by atoms with Crippen molar-refractivity contribution in [2.24, 2.45) is 0 Å². The topological polar surface area (TPSA) is 75.5 Å². The van der Waals surface area contributed by atoms with E-state index in [-0.39, 0.29) is 29.3 Å². The summed E-state index contributed by atoms with van der Waals surface area (Å²) in [4.78, 5) is 17.9. The molecular weight excluding hydrogens is 451 g/mol. The first-order chi connectivity index (χ1) is 15.4. The highest BCUT2D eigenvalue weighted by Crippen LogP contribution is 2.32. The van der Waals surface area contributed by atoms with E-state index in [1.807, 2.05) is 22.4 Å². The Kier molecular flexibility index (Phi) is 5.50. The lowest BCUT2D eigenvalue weighted by Crippen LogP contribution is -2.49. The Bertz CT molecular complexity index is 1230. The monoisotopic (exact) mass is 474 g/mol. The number of para-hydroxylation sites is 1. The molecule has 32 heavy (non-hydrogen) atoms. The average Bonchev–Trinajstić information content (AvgIpc) is 3.53. The molecule has 2 saturated heterocycles. The van der Waals surface area contributed by atoms with E-state index >= 15 is 0 Å². The number of carbonyl (C=O) groups excluding carboxylic acids is 1. The van der Waals surface area contributed by atoms with Crippen molar-refractivity contribution in [2.75, 3.05) is 42.6 Å². The number of hydrogen-bond donors (Lipinski definition) is 0. The molecule has 1 aromatic carbocycles. The Balaban J connectivity index is 1.36. The number of amides is 1. The lowest BCUT2D eigenvalue weighted by atomic mass is 10.2. The number of nitrogens with zero attached hydrogens (tertiary/aromatic N) is 4. The third-order valence-electron chi connectivity index (χ3n) is 6.04. The summed E-state index contributed by atoms with van der Waals surface area (Å²) in [6.07, 6.45) is 0.497. The first kappa shape index (κ1) is 21.1. The second kappa shape index (κ2) is 8.32. The van der Waals surface area contributed by atoms with Gasteiger partial charge in [0, 0.05) is 26.2 Å². The molecule has 10 heteroatoms. The van der Waals surface area contributed by atoms with E-state index in [4.69, 9.17) is 0 Å². The third-order valence-corrected chi connectivity index (χ3v) is 8.69. The molecule has 0 saturated carbocycles.